The van der Waals surface area contributed by atoms with E-state index in [1.54, 1.807) is 6.07 Å². The zero-order valence-electron chi connectivity index (χ0n) is 13.2. The smallest absolute Gasteiger partial charge is 0.274 e. The van der Waals surface area contributed by atoms with Gasteiger partial charge in [0, 0.05) is 19.3 Å². The number of halogens is 1. The number of nitriles is 1. The fourth-order valence-corrected chi connectivity index (χ4v) is 2.03. The van der Waals surface area contributed by atoms with E-state index in [9.17, 15) is 9.18 Å². The Bertz CT molecular complexity index is 765. The molecule has 2 aromatic carbocycles. The van der Waals surface area contributed by atoms with E-state index in [4.69, 9.17) is 5.26 Å². The molecule has 0 fully saturated rings. The van der Waals surface area contributed by atoms with Crippen molar-refractivity contribution < 1.29 is 9.18 Å². The Balaban J connectivity index is 1.94. The third-order valence-electron chi connectivity index (χ3n) is 3.39. The molecule has 0 aliphatic rings. The quantitative estimate of drug-likeness (QED) is 0.656. The highest BCUT2D eigenvalue weighted by atomic mass is 19.1. The summed E-state index contributed by atoms with van der Waals surface area (Å²) in [7, 11) is 1.91. The van der Waals surface area contributed by atoms with Gasteiger partial charge in [-0.2, -0.15) is 10.4 Å². The maximum absolute atomic E-state index is 13.5. The molecule has 2 aromatic rings. The number of nitrogens with one attached hydrogen (secondary N) is 1. The Labute approximate surface area is 140 Å². The highest BCUT2D eigenvalue weighted by Crippen LogP contribution is 2.13. The summed E-state index contributed by atoms with van der Waals surface area (Å²) in [4.78, 5) is 13.8. The van der Waals surface area contributed by atoms with Crippen molar-refractivity contribution in [3.8, 4) is 6.07 Å². The molecule has 0 atom stereocenters. The predicted molar refractivity (Wildman–Crippen MR) is 91.4 cm³/mol. The van der Waals surface area contributed by atoms with Crippen molar-refractivity contribution in [2.24, 2.45) is 5.10 Å². The van der Waals surface area contributed by atoms with E-state index in [1.807, 2.05) is 36.2 Å². The SMILES string of the molecule is CN(CCC#N)c1ccc(/C=N\NC(=O)c2ccccc2F)cc1. The standard InChI is InChI=1S/C18H17FN4O/c1-23(12-4-11-20)15-9-7-14(8-10-15)13-21-22-18(24)16-5-2-3-6-17(16)19/h2-3,5-10,13H,4,12H2,1H3,(H,22,24)/b21-13-. The van der Waals surface area contributed by atoms with Crippen molar-refractivity contribution in [1.82, 2.24) is 5.43 Å². The number of nitrogens with zero attached hydrogens (tertiary/aromatic N) is 3. The summed E-state index contributed by atoms with van der Waals surface area (Å²) in [6, 6.07) is 15.3. The molecule has 6 heteroatoms. The lowest BCUT2D eigenvalue weighted by Gasteiger charge is -2.17. The third kappa shape index (κ3) is 4.65. The molecule has 0 spiro atoms. The van der Waals surface area contributed by atoms with Crippen molar-refractivity contribution in [2.45, 2.75) is 6.42 Å². The molecule has 0 aliphatic carbocycles. The molecule has 24 heavy (non-hydrogen) atoms. The Morgan fingerprint density at radius 3 is 2.67 bits per heavy atom. The number of rotatable bonds is 6. The van der Waals surface area contributed by atoms with Crippen LogP contribution in [0.1, 0.15) is 22.3 Å². The first kappa shape index (κ1) is 17.2. The van der Waals surface area contributed by atoms with Crippen molar-refractivity contribution in [3.05, 3.63) is 65.5 Å². The molecule has 0 saturated heterocycles. The van der Waals surface area contributed by atoms with E-state index in [0.717, 1.165) is 11.3 Å². The first-order valence-electron chi connectivity index (χ1n) is 7.38. The summed E-state index contributed by atoms with van der Waals surface area (Å²) in [6.45, 7) is 0.655. The van der Waals surface area contributed by atoms with Gasteiger partial charge in [-0.3, -0.25) is 4.79 Å². The van der Waals surface area contributed by atoms with E-state index in [1.165, 1.54) is 24.4 Å². The Morgan fingerprint density at radius 2 is 2.00 bits per heavy atom. The van der Waals surface area contributed by atoms with Gasteiger partial charge in [0.05, 0.1) is 24.3 Å². The fourth-order valence-electron chi connectivity index (χ4n) is 2.03. The van der Waals surface area contributed by atoms with Crippen LogP contribution in [-0.4, -0.2) is 25.7 Å². The Morgan fingerprint density at radius 1 is 1.29 bits per heavy atom. The van der Waals surface area contributed by atoms with Crippen molar-refractivity contribution in [2.75, 3.05) is 18.5 Å². The highest BCUT2D eigenvalue weighted by Gasteiger charge is 2.09. The van der Waals surface area contributed by atoms with Crippen LogP contribution in [0.2, 0.25) is 0 Å². The normalized spacial score (nSPS) is 10.4. The predicted octanol–water partition coefficient (Wildman–Crippen LogP) is 2.94. The second kappa shape index (κ2) is 8.44. The monoisotopic (exact) mass is 324 g/mol. The summed E-state index contributed by atoms with van der Waals surface area (Å²) in [5, 5.41) is 12.4. The number of hydrogen-bond donors (Lipinski definition) is 1. The average Bonchev–Trinajstić information content (AvgIpc) is 2.60. The number of anilines is 1. The lowest BCUT2D eigenvalue weighted by molar-refractivity contribution is 0.0951. The first-order valence-corrected chi connectivity index (χ1v) is 7.38. The number of hydrogen-bond acceptors (Lipinski definition) is 4. The van der Waals surface area contributed by atoms with E-state index >= 15 is 0 Å². The van der Waals surface area contributed by atoms with Crippen LogP contribution in [-0.2, 0) is 0 Å². The first-order chi connectivity index (χ1) is 11.6. The zero-order valence-corrected chi connectivity index (χ0v) is 13.2. The lowest BCUT2D eigenvalue weighted by Crippen LogP contribution is -2.19. The second-order valence-corrected chi connectivity index (χ2v) is 5.10. The maximum atomic E-state index is 13.5. The summed E-state index contributed by atoms with van der Waals surface area (Å²) < 4.78 is 13.5. The van der Waals surface area contributed by atoms with Crippen molar-refractivity contribution >= 4 is 17.8 Å². The van der Waals surface area contributed by atoms with Crippen molar-refractivity contribution in [3.63, 3.8) is 0 Å². The van der Waals surface area contributed by atoms with E-state index in [-0.39, 0.29) is 5.56 Å². The van der Waals surface area contributed by atoms with Gasteiger partial charge in [-0.1, -0.05) is 24.3 Å². The maximum Gasteiger partial charge on any atom is 0.274 e. The summed E-state index contributed by atoms with van der Waals surface area (Å²) in [6.07, 6.45) is 1.94. The molecule has 0 saturated carbocycles. The minimum atomic E-state index is -0.600. The van der Waals surface area contributed by atoms with Crippen LogP contribution < -0.4 is 10.3 Å². The highest BCUT2D eigenvalue weighted by molar-refractivity contribution is 5.95. The fraction of sp³-hybridized carbons (Fsp3) is 0.167. The minimum Gasteiger partial charge on any atom is -0.374 e. The van der Waals surface area contributed by atoms with Gasteiger partial charge in [0.15, 0.2) is 0 Å². The van der Waals surface area contributed by atoms with Crippen LogP contribution in [0.3, 0.4) is 0 Å². The number of amides is 1. The summed E-state index contributed by atoms with van der Waals surface area (Å²) in [5.41, 5.74) is 4.02. The van der Waals surface area contributed by atoms with Gasteiger partial charge in [-0.15, -0.1) is 0 Å². The molecule has 0 aliphatic heterocycles. The zero-order chi connectivity index (χ0) is 17.4. The topological polar surface area (TPSA) is 68.5 Å². The number of hydrazone groups is 1. The van der Waals surface area contributed by atoms with Gasteiger partial charge in [0.25, 0.3) is 5.91 Å². The van der Waals surface area contributed by atoms with Gasteiger partial charge >= 0.3 is 0 Å². The third-order valence-corrected chi connectivity index (χ3v) is 3.39. The molecular weight excluding hydrogens is 307 g/mol. The number of benzene rings is 2. The largest absolute Gasteiger partial charge is 0.374 e. The molecular formula is C18H17FN4O. The molecule has 122 valence electrons. The minimum absolute atomic E-state index is 0.0517. The van der Waals surface area contributed by atoms with Gasteiger partial charge < -0.3 is 4.90 Å². The van der Waals surface area contributed by atoms with Crippen LogP contribution >= 0.6 is 0 Å². The molecule has 2 rings (SSSR count). The molecule has 0 bridgehead atoms. The lowest BCUT2D eigenvalue weighted by atomic mass is 10.2. The van der Waals surface area contributed by atoms with E-state index in [2.05, 4.69) is 16.6 Å². The van der Waals surface area contributed by atoms with E-state index in [0.29, 0.717) is 13.0 Å². The molecule has 0 heterocycles. The van der Waals surface area contributed by atoms with E-state index < -0.39 is 11.7 Å². The number of carbonyl (C=O) groups is 1. The Hall–Kier alpha value is -3.20. The van der Waals surface area contributed by atoms with Crippen LogP contribution in [0.4, 0.5) is 10.1 Å². The van der Waals surface area contributed by atoms with Crippen LogP contribution in [0.15, 0.2) is 53.6 Å². The number of carbonyl (C=O) groups excluding carboxylic acids is 1. The van der Waals surface area contributed by atoms with Gasteiger partial charge in [-0.25, -0.2) is 9.82 Å². The summed E-state index contributed by atoms with van der Waals surface area (Å²) in [5.74, 6) is -1.19. The van der Waals surface area contributed by atoms with Gasteiger partial charge in [0.1, 0.15) is 5.82 Å². The van der Waals surface area contributed by atoms with Crippen LogP contribution in [0, 0.1) is 17.1 Å². The van der Waals surface area contributed by atoms with Crippen molar-refractivity contribution in [1.29, 1.82) is 5.26 Å². The van der Waals surface area contributed by atoms with Gasteiger partial charge in [0.2, 0.25) is 0 Å². The molecule has 5 nitrogen and oxygen atoms in total. The molecule has 0 unspecified atom stereocenters. The Kier molecular flexibility index (Phi) is 6.03. The van der Waals surface area contributed by atoms with Crippen LogP contribution in [0.25, 0.3) is 0 Å². The molecule has 1 amide bonds. The second-order valence-electron chi connectivity index (χ2n) is 5.10. The molecule has 1 N–H and O–H groups in total. The molecule has 0 radical (unpaired) electrons. The molecule has 0 aromatic heterocycles. The van der Waals surface area contributed by atoms with Crippen LogP contribution in [0.5, 0.6) is 0 Å². The average molecular weight is 324 g/mol. The summed E-state index contributed by atoms with van der Waals surface area (Å²) >= 11 is 0. The van der Waals surface area contributed by atoms with Gasteiger partial charge in [-0.05, 0) is 29.8 Å².